The monoisotopic (exact) mass is 430 g/mol. The van der Waals surface area contributed by atoms with Crippen molar-refractivity contribution in [3.8, 4) is 0 Å². The first-order valence-corrected chi connectivity index (χ1v) is 9.52. The number of fused-ring (bicyclic) bond motifs is 3. The number of nitrogens with zero attached hydrogens (tertiary/aromatic N) is 3. The Bertz CT molecular complexity index is 1070. The molecule has 1 N–H and O–H groups in total. The van der Waals surface area contributed by atoms with Crippen molar-refractivity contribution in [2.45, 2.75) is 19.5 Å². The van der Waals surface area contributed by atoms with E-state index in [2.05, 4.69) is 32.1 Å². The molecular weight excluding hydrogens is 412 g/mol. The van der Waals surface area contributed by atoms with E-state index in [0.717, 1.165) is 27.4 Å². The topological polar surface area (TPSA) is 80.2 Å². The molecule has 3 heterocycles. The summed E-state index contributed by atoms with van der Waals surface area (Å²) in [5.41, 5.74) is 3.39. The average molecular weight is 431 g/mol. The van der Waals surface area contributed by atoms with Crippen LogP contribution in [0.5, 0.6) is 0 Å². The third-order valence-corrected chi connectivity index (χ3v) is 5.50. The average Bonchev–Trinajstić information content (AvgIpc) is 3.06. The summed E-state index contributed by atoms with van der Waals surface area (Å²) in [6, 6.07) is 8.94. The van der Waals surface area contributed by atoms with Crippen LogP contribution in [0.2, 0.25) is 0 Å². The Hall–Kier alpha value is -2.45. The normalized spacial score (nSPS) is 13.8. The number of para-hydroxylation sites is 1. The minimum Gasteiger partial charge on any atom is -0.383 e. The van der Waals surface area contributed by atoms with Crippen LogP contribution in [0.1, 0.15) is 21.7 Å². The molecular formula is C19H19BrN4O3. The summed E-state index contributed by atoms with van der Waals surface area (Å²) in [6.07, 6.45) is 0.755. The number of ether oxygens (including phenoxy) is 1. The lowest BCUT2D eigenvalue weighted by molar-refractivity contribution is 0.0725. The van der Waals surface area contributed by atoms with Crippen LogP contribution in [-0.2, 0) is 24.2 Å². The van der Waals surface area contributed by atoms with Gasteiger partial charge in [0, 0.05) is 53.8 Å². The standard InChI is InChI=1S/C19H19BrN4O3/c1-27-10-9-24-17(25)6-5-16(22-24)19(26)23-8-7-15-13(11-23)12-3-2-4-14(20)18(12)21-15/h2-6,21H,7-11H2,1H3. The molecule has 0 saturated heterocycles. The second-order valence-electron chi connectivity index (χ2n) is 6.49. The van der Waals surface area contributed by atoms with Crippen LogP contribution < -0.4 is 5.56 Å². The number of carbonyl (C=O) groups is 1. The van der Waals surface area contributed by atoms with E-state index < -0.39 is 0 Å². The molecule has 0 radical (unpaired) electrons. The van der Waals surface area contributed by atoms with Gasteiger partial charge in [0.15, 0.2) is 0 Å². The minimum absolute atomic E-state index is 0.170. The van der Waals surface area contributed by atoms with E-state index in [1.165, 1.54) is 22.5 Å². The summed E-state index contributed by atoms with van der Waals surface area (Å²) in [5, 5.41) is 5.34. The molecule has 0 atom stereocenters. The number of aromatic nitrogens is 3. The number of amides is 1. The summed E-state index contributed by atoms with van der Waals surface area (Å²) < 4.78 is 7.28. The zero-order valence-electron chi connectivity index (χ0n) is 14.9. The molecule has 0 bridgehead atoms. The summed E-state index contributed by atoms with van der Waals surface area (Å²) >= 11 is 3.57. The second-order valence-corrected chi connectivity index (χ2v) is 7.35. The van der Waals surface area contributed by atoms with E-state index in [0.29, 0.717) is 26.2 Å². The molecule has 7 nitrogen and oxygen atoms in total. The van der Waals surface area contributed by atoms with Gasteiger partial charge in [0.25, 0.3) is 11.5 Å². The van der Waals surface area contributed by atoms with Crippen LogP contribution in [0, 0.1) is 0 Å². The Kier molecular flexibility index (Phi) is 4.84. The SMILES string of the molecule is COCCn1nc(C(=O)N2CCc3[nH]c4c(Br)cccc4c3C2)ccc1=O. The number of hydrogen-bond donors (Lipinski definition) is 1. The fourth-order valence-corrected chi connectivity index (χ4v) is 3.90. The predicted molar refractivity (Wildman–Crippen MR) is 105 cm³/mol. The fourth-order valence-electron chi connectivity index (χ4n) is 3.44. The van der Waals surface area contributed by atoms with Crippen molar-refractivity contribution >= 4 is 32.7 Å². The zero-order chi connectivity index (χ0) is 19.0. The third-order valence-electron chi connectivity index (χ3n) is 4.84. The molecule has 140 valence electrons. The number of hydrogen-bond acceptors (Lipinski definition) is 4. The van der Waals surface area contributed by atoms with Gasteiger partial charge in [-0.1, -0.05) is 12.1 Å². The van der Waals surface area contributed by atoms with E-state index in [4.69, 9.17) is 4.74 Å². The highest BCUT2D eigenvalue weighted by Crippen LogP contribution is 2.32. The van der Waals surface area contributed by atoms with E-state index in [9.17, 15) is 9.59 Å². The van der Waals surface area contributed by atoms with Crippen molar-refractivity contribution < 1.29 is 9.53 Å². The van der Waals surface area contributed by atoms with Gasteiger partial charge in [-0.3, -0.25) is 9.59 Å². The lowest BCUT2D eigenvalue weighted by Gasteiger charge is -2.27. The predicted octanol–water partition coefficient (Wildman–Crippen LogP) is 2.33. The molecule has 1 aliphatic heterocycles. The van der Waals surface area contributed by atoms with E-state index in [1.54, 1.807) is 12.0 Å². The number of methoxy groups -OCH3 is 1. The maximum atomic E-state index is 13.0. The number of halogens is 1. The van der Waals surface area contributed by atoms with Crippen LogP contribution in [0.4, 0.5) is 0 Å². The van der Waals surface area contributed by atoms with Crippen molar-refractivity contribution in [1.29, 1.82) is 0 Å². The van der Waals surface area contributed by atoms with Crippen molar-refractivity contribution in [2.24, 2.45) is 0 Å². The van der Waals surface area contributed by atoms with Crippen molar-refractivity contribution in [3.05, 3.63) is 62.1 Å². The molecule has 1 amide bonds. The van der Waals surface area contributed by atoms with Crippen LogP contribution in [0.25, 0.3) is 10.9 Å². The van der Waals surface area contributed by atoms with E-state index in [1.807, 2.05) is 12.1 Å². The van der Waals surface area contributed by atoms with Gasteiger partial charge in [-0.05, 0) is 28.1 Å². The molecule has 1 aromatic carbocycles. The van der Waals surface area contributed by atoms with Crippen LogP contribution in [0.15, 0.2) is 39.6 Å². The number of H-pyrrole nitrogens is 1. The highest BCUT2D eigenvalue weighted by molar-refractivity contribution is 9.10. The van der Waals surface area contributed by atoms with Gasteiger partial charge >= 0.3 is 0 Å². The quantitative estimate of drug-likeness (QED) is 0.688. The Balaban J connectivity index is 1.62. The number of rotatable bonds is 4. The van der Waals surface area contributed by atoms with Crippen molar-refractivity contribution in [1.82, 2.24) is 19.7 Å². The van der Waals surface area contributed by atoms with Crippen molar-refractivity contribution in [2.75, 3.05) is 20.3 Å². The Morgan fingerprint density at radius 1 is 1.33 bits per heavy atom. The van der Waals surface area contributed by atoms with E-state index >= 15 is 0 Å². The molecule has 0 aliphatic carbocycles. The summed E-state index contributed by atoms with van der Waals surface area (Å²) in [7, 11) is 1.56. The van der Waals surface area contributed by atoms with Crippen molar-refractivity contribution in [3.63, 3.8) is 0 Å². The lowest BCUT2D eigenvalue weighted by Crippen LogP contribution is -2.37. The van der Waals surface area contributed by atoms with Gasteiger partial charge in [-0.15, -0.1) is 0 Å². The lowest BCUT2D eigenvalue weighted by atomic mass is 10.0. The first-order chi connectivity index (χ1) is 13.1. The Labute approximate surface area is 164 Å². The molecule has 27 heavy (non-hydrogen) atoms. The number of nitrogens with one attached hydrogen (secondary N) is 1. The van der Waals surface area contributed by atoms with Gasteiger partial charge in [0.1, 0.15) is 5.69 Å². The molecule has 0 unspecified atom stereocenters. The summed E-state index contributed by atoms with van der Waals surface area (Å²) in [5.74, 6) is -0.170. The van der Waals surface area contributed by atoms with Gasteiger partial charge in [0.2, 0.25) is 0 Å². The first-order valence-electron chi connectivity index (χ1n) is 8.73. The number of aromatic amines is 1. The molecule has 4 rings (SSSR count). The molecule has 0 spiro atoms. The largest absolute Gasteiger partial charge is 0.383 e. The second kappa shape index (κ2) is 7.28. The van der Waals surface area contributed by atoms with Gasteiger partial charge in [-0.25, -0.2) is 4.68 Å². The summed E-state index contributed by atoms with van der Waals surface area (Å²) in [6.45, 7) is 1.80. The summed E-state index contributed by atoms with van der Waals surface area (Å²) in [4.78, 5) is 30.1. The minimum atomic E-state index is -0.244. The van der Waals surface area contributed by atoms with Crippen LogP contribution >= 0.6 is 15.9 Å². The Morgan fingerprint density at radius 3 is 3.00 bits per heavy atom. The van der Waals surface area contributed by atoms with E-state index in [-0.39, 0.29) is 17.2 Å². The van der Waals surface area contributed by atoms with Gasteiger partial charge in [-0.2, -0.15) is 5.10 Å². The highest BCUT2D eigenvalue weighted by Gasteiger charge is 2.26. The Morgan fingerprint density at radius 2 is 2.19 bits per heavy atom. The molecule has 8 heteroatoms. The molecule has 0 fully saturated rings. The first kappa shape index (κ1) is 17.9. The third kappa shape index (κ3) is 3.30. The maximum Gasteiger partial charge on any atom is 0.274 e. The molecule has 1 aliphatic rings. The zero-order valence-corrected chi connectivity index (χ0v) is 16.5. The highest BCUT2D eigenvalue weighted by atomic mass is 79.9. The van der Waals surface area contributed by atoms with Crippen LogP contribution in [-0.4, -0.2) is 45.8 Å². The number of carbonyl (C=O) groups excluding carboxylic acids is 1. The molecule has 3 aromatic rings. The smallest absolute Gasteiger partial charge is 0.274 e. The maximum absolute atomic E-state index is 13.0. The van der Waals surface area contributed by atoms with Gasteiger partial charge in [0.05, 0.1) is 18.7 Å². The molecule has 0 saturated carbocycles. The number of benzene rings is 1. The molecule has 2 aromatic heterocycles. The van der Waals surface area contributed by atoms with Gasteiger partial charge < -0.3 is 14.6 Å². The fraction of sp³-hybridized carbons (Fsp3) is 0.316. The van der Waals surface area contributed by atoms with Crippen LogP contribution in [0.3, 0.4) is 0 Å².